The topological polar surface area (TPSA) is 215 Å². The highest BCUT2D eigenvalue weighted by Gasteiger charge is 2.26. The third-order valence-electron chi connectivity index (χ3n) is 5.73. The minimum absolute atomic E-state index is 0.0115. The Bertz CT molecular complexity index is 2100. The van der Waals surface area contributed by atoms with Gasteiger partial charge in [0.05, 0.1) is 45.7 Å². The van der Waals surface area contributed by atoms with Gasteiger partial charge >= 0.3 is 0 Å². The number of nitrogens with two attached hydrogens (primary N) is 1. The van der Waals surface area contributed by atoms with Crippen molar-refractivity contribution in [3.8, 4) is 33.9 Å². The van der Waals surface area contributed by atoms with Crippen LogP contribution in [0.1, 0.15) is 13.8 Å². The largest absolute Gasteiger partial charge is 0.368 e. The number of nitrogens with zero attached hydrogens (tertiary/aromatic N) is 3. The molecule has 13 nitrogen and oxygen atoms in total. The Labute approximate surface area is 258 Å². The number of nitrogens with one attached hydrogen (secondary N) is 1. The SMILES string of the molecule is CC(C)S(=O)(=O)n1c(N)nc2ccc(-c3nc(-c4c(F)cccc4F)[nH]c3-c3ccccc3)cc21.CS(=O)(=O)O.CS(=O)(=O)O. The minimum Gasteiger partial charge on any atom is -0.368 e. The Morgan fingerprint density at radius 2 is 1.33 bits per heavy atom. The Morgan fingerprint density at radius 1 is 0.800 bits per heavy atom. The lowest BCUT2D eigenvalue weighted by Gasteiger charge is -2.11. The molecule has 3 aromatic carbocycles. The van der Waals surface area contributed by atoms with E-state index < -0.39 is 47.1 Å². The van der Waals surface area contributed by atoms with E-state index >= 15 is 0 Å². The third-order valence-corrected chi connectivity index (χ3v) is 7.81. The van der Waals surface area contributed by atoms with Gasteiger partial charge in [0.15, 0.2) is 0 Å². The first kappa shape index (κ1) is 35.3. The lowest BCUT2D eigenvalue weighted by molar-refractivity contribution is 0.488. The van der Waals surface area contributed by atoms with E-state index in [1.54, 1.807) is 32.0 Å². The van der Waals surface area contributed by atoms with Gasteiger partial charge in [-0.3, -0.25) is 9.11 Å². The number of halogens is 2. The summed E-state index contributed by atoms with van der Waals surface area (Å²) in [4.78, 5) is 11.8. The molecule has 0 saturated heterocycles. The molecule has 2 heterocycles. The van der Waals surface area contributed by atoms with Crippen molar-refractivity contribution in [2.45, 2.75) is 19.1 Å². The van der Waals surface area contributed by atoms with E-state index in [-0.39, 0.29) is 22.9 Å². The number of aromatic nitrogens is 4. The van der Waals surface area contributed by atoms with Crippen LogP contribution >= 0.6 is 0 Å². The summed E-state index contributed by atoms with van der Waals surface area (Å²) in [6, 6.07) is 17.7. The fourth-order valence-corrected chi connectivity index (χ4v) is 5.08. The number of benzene rings is 3. The summed E-state index contributed by atoms with van der Waals surface area (Å²) in [5.41, 5.74) is 8.54. The lowest BCUT2D eigenvalue weighted by Crippen LogP contribution is -2.23. The molecule has 0 unspecified atom stereocenters. The maximum atomic E-state index is 14.6. The van der Waals surface area contributed by atoms with Gasteiger partial charge in [-0.05, 0) is 38.1 Å². The number of rotatable bonds is 5. The first-order valence-electron chi connectivity index (χ1n) is 12.7. The van der Waals surface area contributed by atoms with Gasteiger partial charge in [-0.1, -0.05) is 42.5 Å². The number of imidazole rings is 2. The molecule has 45 heavy (non-hydrogen) atoms. The highest BCUT2D eigenvalue weighted by Crippen LogP contribution is 2.36. The summed E-state index contributed by atoms with van der Waals surface area (Å²) in [5.74, 6) is -1.65. The lowest BCUT2D eigenvalue weighted by atomic mass is 10.0. The zero-order chi connectivity index (χ0) is 33.9. The molecule has 242 valence electrons. The quantitative estimate of drug-likeness (QED) is 0.192. The van der Waals surface area contributed by atoms with Crippen LogP contribution in [-0.2, 0) is 30.3 Å². The number of nitrogen functional groups attached to an aromatic ring is 1. The first-order valence-corrected chi connectivity index (χ1v) is 17.9. The molecule has 0 bridgehead atoms. The van der Waals surface area contributed by atoms with Gasteiger partial charge in [0.1, 0.15) is 17.5 Å². The van der Waals surface area contributed by atoms with Crippen LogP contribution in [0.15, 0.2) is 66.7 Å². The zero-order valence-electron chi connectivity index (χ0n) is 24.2. The van der Waals surface area contributed by atoms with Gasteiger partial charge < -0.3 is 10.7 Å². The predicted molar refractivity (Wildman–Crippen MR) is 167 cm³/mol. The molecule has 5 N–H and O–H groups in total. The van der Waals surface area contributed by atoms with Crippen molar-refractivity contribution in [1.29, 1.82) is 0 Å². The molecule has 0 aliphatic carbocycles. The van der Waals surface area contributed by atoms with Crippen LogP contribution < -0.4 is 5.73 Å². The number of H-pyrrole nitrogens is 1. The fraction of sp³-hybridized carbons (Fsp3) is 0.185. The van der Waals surface area contributed by atoms with Crippen molar-refractivity contribution in [2.24, 2.45) is 0 Å². The van der Waals surface area contributed by atoms with Crippen molar-refractivity contribution in [1.82, 2.24) is 18.9 Å². The number of anilines is 1. The fourth-order valence-electron chi connectivity index (χ4n) is 3.94. The van der Waals surface area contributed by atoms with Gasteiger partial charge in [-0.25, -0.2) is 31.1 Å². The maximum absolute atomic E-state index is 14.6. The van der Waals surface area contributed by atoms with Gasteiger partial charge in [-0.15, -0.1) is 0 Å². The van der Waals surface area contributed by atoms with E-state index in [0.29, 0.717) is 35.0 Å². The van der Waals surface area contributed by atoms with E-state index in [2.05, 4.69) is 15.0 Å². The molecule has 0 spiro atoms. The molecular formula is C27H29F2N5O8S3. The van der Waals surface area contributed by atoms with Crippen LogP contribution in [0.5, 0.6) is 0 Å². The molecule has 0 saturated carbocycles. The zero-order valence-corrected chi connectivity index (χ0v) is 26.6. The Kier molecular flexibility index (Phi) is 10.5. The number of fused-ring (bicyclic) bond motifs is 1. The minimum atomic E-state index is -3.80. The van der Waals surface area contributed by atoms with Crippen molar-refractivity contribution >= 4 is 47.2 Å². The van der Waals surface area contributed by atoms with Crippen LogP contribution in [0, 0.1) is 11.6 Å². The number of hydrogen-bond donors (Lipinski definition) is 4. The molecule has 0 fully saturated rings. The van der Waals surface area contributed by atoms with Crippen molar-refractivity contribution in [3.63, 3.8) is 0 Å². The summed E-state index contributed by atoms with van der Waals surface area (Å²) >= 11 is 0. The summed E-state index contributed by atoms with van der Waals surface area (Å²) in [5, 5.41) is -0.730. The van der Waals surface area contributed by atoms with Crippen molar-refractivity contribution in [2.75, 3.05) is 18.2 Å². The van der Waals surface area contributed by atoms with E-state index in [1.807, 2.05) is 30.3 Å². The number of hydrogen-bond acceptors (Lipinski definition) is 9. The first-order chi connectivity index (χ1) is 20.7. The molecular weight excluding hydrogens is 657 g/mol. The van der Waals surface area contributed by atoms with E-state index in [0.717, 1.165) is 21.7 Å². The highest BCUT2D eigenvalue weighted by molar-refractivity contribution is 7.90. The van der Waals surface area contributed by atoms with Crippen LogP contribution in [-0.4, -0.2) is 71.0 Å². The predicted octanol–water partition coefficient (Wildman–Crippen LogP) is 4.22. The summed E-state index contributed by atoms with van der Waals surface area (Å²) < 4.78 is 108. The van der Waals surface area contributed by atoms with E-state index in [1.165, 1.54) is 6.07 Å². The summed E-state index contributed by atoms with van der Waals surface area (Å²) in [6.07, 6.45) is 1.43. The summed E-state index contributed by atoms with van der Waals surface area (Å²) in [7, 11) is -11.1. The molecule has 0 radical (unpaired) electrons. The second-order valence-corrected chi connectivity index (χ2v) is 15.0. The Balaban J connectivity index is 0.000000482. The van der Waals surface area contributed by atoms with Gasteiger partial charge in [0.25, 0.3) is 20.2 Å². The maximum Gasteiger partial charge on any atom is 0.261 e. The second kappa shape index (κ2) is 13.4. The van der Waals surface area contributed by atoms with Crippen LogP contribution in [0.3, 0.4) is 0 Å². The molecule has 5 aromatic rings. The third kappa shape index (κ3) is 9.14. The van der Waals surface area contributed by atoms with E-state index in [9.17, 15) is 34.0 Å². The van der Waals surface area contributed by atoms with Crippen LogP contribution in [0.25, 0.3) is 44.9 Å². The van der Waals surface area contributed by atoms with Crippen LogP contribution in [0.2, 0.25) is 0 Å². The molecule has 0 amide bonds. The van der Waals surface area contributed by atoms with Crippen LogP contribution in [0.4, 0.5) is 14.7 Å². The molecule has 0 aliphatic rings. The average Bonchev–Trinajstić information content (AvgIpc) is 3.47. The molecule has 0 aliphatic heterocycles. The molecule has 18 heteroatoms. The molecule has 0 atom stereocenters. The second-order valence-electron chi connectivity index (χ2n) is 9.77. The van der Waals surface area contributed by atoms with Gasteiger partial charge in [0.2, 0.25) is 16.0 Å². The highest BCUT2D eigenvalue weighted by atomic mass is 32.2. The van der Waals surface area contributed by atoms with Gasteiger partial charge in [-0.2, -0.15) is 16.8 Å². The number of aromatic amines is 1. The monoisotopic (exact) mass is 685 g/mol. The molecule has 2 aromatic heterocycles. The summed E-state index contributed by atoms with van der Waals surface area (Å²) in [6.45, 7) is 3.11. The van der Waals surface area contributed by atoms with Crippen molar-refractivity contribution in [3.05, 3.63) is 78.4 Å². The standard InChI is InChI=1S/C25H21F2N5O2S.2CH4O3S/c1-14(2)35(33,34)32-20-13-16(11-12-19(20)29-25(32)28)23-22(15-7-4-3-5-8-15)30-24(31-23)21-17(26)9-6-10-18(21)27;2*1-5(2,3)4/h3-14H,1-2H3,(H2,28,29)(H,30,31);2*1H3,(H,2,3,4). The van der Waals surface area contributed by atoms with E-state index in [4.69, 9.17) is 14.8 Å². The average molecular weight is 686 g/mol. The Morgan fingerprint density at radius 3 is 1.84 bits per heavy atom. The normalized spacial score (nSPS) is 11.9. The Hall–Kier alpha value is -4.23. The van der Waals surface area contributed by atoms with Crippen molar-refractivity contribution < 1.29 is 43.1 Å². The van der Waals surface area contributed by atoms with Gasteiger partial charge in [0, 0.05) is 11.1 Å². The molecule has 5 rings (SSSR count). The smallest absolute Gasteiger partial charge is 0.261 e.